The summed E-state index contributed by atoms with van der Waals surface area (Å²) >= 11 is 15.5. The molecule has 168 valence electrons. The van der Waals surface area contributed by atoms with Gasteiger partial charge in [0.25, 0.3) is 15.9 Å². The fourth-order valence-electron chi connectivity index (χ4n) is 2.71. The van der Waals surface area contributed by atoms with Crippen molar-refractivity contribution < 1.29 is 17.6 Å². The van der Waals surface area contributed by atoms with Crippen LogP contribution in [-0.4, -0.2) is 27.1 Å². The van der Waals surface area contributed by atoms with Crippen molar-refractivity contribution in [2.24, 2.45) is 5.10 Å². The van der Waals surface area contributed by atoms with Crippen LogP contribution in [0.1, 0.15) is 17.1 Å². The lowest BCUT2D eigenvalue weighted by atomic mass is 10.2. The molecule has 3 aromatic rings. The Morgan fingerprint density at radius 2 is 1.75 bits per heavy atom. The number of halogens is 3. The first kappa shape index (κ1) is 24.3. The zero-order valence-electron chi connectivity index (χ0n) is 17.0. The van der Waals surface area contributed by atoms with Gasteiger partial charge < -0.3 is 4.42 Å². The van der Waals surface area contributed by atoms with E-state index < -0.39 is 22.5 Å². The number of nitrogens with one attached hydrogen (secondary N) is 1. The second kappa shape index (κ2) is 10.1. The van der Waals surface area contributed by atoms with Gasteiger partial charge in [-0.2, -0.15) is 5.10 Å². The molecule has 1 amide bonds. The van der Waals surface area contributed by atoms with Gasteiger partial charge in [0.15, 0.2) is 0 Å². The molecule has 0 aliphatic carbocycles. The van der Waals surface area contributed by atoms with Gasteiger partial charge in [0.2, 0.25) is 0 Å². The van der Waals surface area contributed by atoms with E-state index in [1.807, 2.05) is 6.92 Å². The van der Waals surface area contributed by atoms with Crippen LogP contribution in [0.15, 0.2) is 67.4 Å². The summed E-state index contributed by atoms with van der Waals surface area (Å²) in [6.07, 6.45) is 1.31. The number of carbonyl (C=O) groups excluding carboxylic acids is 1. The number of anilines is 1. The van der Waals surface area contributed by atoms with Crippen molar-refractivity contribution in [1.29, 1.82) is 0 Å². The number of carbonyl (C=O) groups is 1. The van der Waals surface area contributed by atoms with Gasteiger partial charge in [0.05, 0.1) is 21.3 Å². The minimum absolute atomic E-state index is 0.0198. The Morgan fingerprint density at radius 3 is 2.31 bits per heavy atom. The molecule has 0 saturated heterocycles. The monoisotopic (exact) mass is 557 g/mol. The van der Waals surface area contributed by atoms with E-state index in [-0.39, 0.29) is 20.6 Å². The highest BCUT2D eigenvalue weighted by Gasteiger charge is 2.27. The number of furan rings is 1. The van der Waals surface area contributed by atoms with Gasteiger partial charge >= 0.3 is 0 Å². The van der Waals surface area contributed by atoms with E-state index in [4.69, 9.17) is 27.6 Å². The van der Waals surface area contributed by atoms with Crippen LogP contribution < -0.4 is 9.73 Å². The molecule has 11 heteroatoms. The van der Waals surface area contributed by atoms with Crippen LogP contribution in [0, 0.1) is 13.8 Å². The quantitative estimate of drug-likeness (QED) is 0.314. The molecule has 1 aromatic heterocycles. The molecule has 32 heavy (non-hydrogen) atoms. The lowest BCUT2D eigenvalue weighted by Crippen LogP contribution is -2.39. The number of sulfonamides is 1. The summed E-state index contributed by atoms with van der Waals surface area (Å²) in [4.78, 5) is 12.6. The Labute approximate surface area is 204 Å². The third-order valence-corrected chi connectivity index (χ3v) is 7.30. The fraction of sp³-hybridized carbons (Fsp3) is 0.143. The molecule has 0 radical (unpaired) electrons. The van der Waals surface area contributed by atoms with E-state index in [9.17, 15) is 13.2 Å². The molecule has 0 saturated carbocycles. The Kier molecular flexibility index (Phi) is 7.66. The van der Waals surface area contributed by atoms with Crippen LogP contribution in [0.25, 0.3) is 0 Å². The zero-order valence-corrected chi connectivity index (χ0v) is 20.9. The summed E-state index contributed by atoms with van der Waals surface area (Å²) in [6, 6.07) is 12.3. The number of hydrazone groups is 1. The van der Waals surface area contributed by atoms with Crippen molar-refractivity contribution in [2.75, 3.05) is 10.8 Å². The first-order valence-electron chi connectivity index (χ1n) is 9.19. The van der Waals surface area contributed by atoms with Crippen LogP contribution in [-0.2, 0) is 14.8 Å². The van der Waals surface area contributed by atoms with Gasteiger partial charge in [-0.1, -0.05) is 40.9 Å². The highest BCUT2D eigenvalue weighted by Crippen LogP contribution is 2.29. The van der Waals surface area contributed by atoms with Crippen molar-refractivity contribution in [3.05, 3.63) is 80.1 Å². The van der Waals surface area contributed by atoms with Crippen LogP contribution in [0.5, 0.6) is 0 Å². The third-order valence-electron chi connectivity index (χ3n) is 4.29. The summed E-state index contributed by atoms with van der Waals surface area (Å²) in [5.41, 5.74) is 3.35. The maximum absolute atomic E-state index is 13.3. The SMILES string of the molecule is Cc1ccc(S(=O)(=O)N(CC(=O)N/N=C/c2cc(Br)c(C)o2)c2cc(Cl)cc(Cl)c2)cc1. The standard InChI is InChI=1S/C21H18BrCl2N3O4S/c1-13-3-5-19(6-4-13)32(29,30)27(17-8-15(23)7-16(24)9-17)12-21(28)26-25-11-18-10-20(22)14(2)31-18/h3-11H,12H2,1-2H3,(H,26,28)/b25-11+. The van der Waals surface area contributed by atoms with E-state index in [0.717, 1.165) is 14.3 Å². The Bertz CT molecular complexity index is 1230. The number of hydrogen-bond acceptors (Lipinski definition) is 5. The fourth-order valence-corrected chi connectivity index (χ4v) is 4.94. The van der Waals surface area contributed by atoms with Crippen molar-refractivity contribution in [1.82, 2.24) is 5.43 Å². The molecule has 0 aliphatic heterocycles. The van der Waals surface area contributed by atoms with Crippen LogP contribution >= 0.6 is 39.1 Å². The normalized spacial score (nSPS) is 11.7. The van der Waals surface area contributed by atoms with Gasteiger partial charge in [-0.3, -0.25) is 9.10 Å². The molecule has 3 rings (SSSR count). The second-order valence-electron chi connectivity index (χ2n) is 6.80. The minimum Gasteiger partial charge on any atom is -0.459 e. The molecule has 1 N–H and O–H groups in total. The smallest absolute Gasteiger partial charge is 0.264 e. The zero-order chi connectivity index (χ0) is 23.5. The molecular weight excluding hydrogens is 541 g/mol. The van der Waals surface area contributed by atoms with Crippen molar-refractivity contribution in [3.63, 3.8) is 0 Å². The third kappa shape index (κ3) is 5.92. The number of nitrogens with zero attached hydrogens (tertiary/aromatic N) is 2. The molecule has 0 fully saturated rings. The van der Waals surface area contributed by atoms with E-state index in [2.05, 4.69) is 26.5 Å². The second-order valence-corrected chi connectivity index (χ2v) is 10.4. The van der Waals surface area contributed by atoms with Crippen molar-refractivity contribution in [2.45, 2.75) is 18.7 Å². The van der Waals surface area contributed by atoms with E-state index in [0.29, 0.717) is 11.5 Å². The summed E-state index contributed by atoms with van der Waals surface area (Å²) in [7, 11) is -4.10. The lowest BCUT2D eigenvalue weighted by Gasteiger charge is -2.24. The predicted molar refractivity (Wildman–Crippen MR) is 129 cm³/mol. The van der Waals surface area contributed by atoms with Crippen molar-refractivity contribution in [3.8, 4) is 0 Å². The molecule has 0 atom stereocenters. The Morgan fingerprint density at radius 1 is 1.12 bits per heavy atom. The molecule has 7 nitrogen and oxygen atoms in total. The average molecular weight is 559 g/mol. The van der Waals surface area contributed by atoms with Crippen LogP contribution in [0.3, 0.4) is 0 Å². The van der Waals surface area contributed by atoms with Crippen LogP contribution in [0.4, 0.5) is 5.69 Å². The van der Waals surface area contributed by atoms with Crippen LogP contribution in [0.2, 0.25) is 10.0 Å². The van der Waals surface area contributed by atoms with E-state index in [1.54, 1.807) is 25.1 Å². The first-order valence-corrected chi connectivity index (χ1v) is 12.2. The first-order chi connectivity index (χ1) is 15.1. The molecule has 0 spiro atoms. The highest BCUT2D eigenvalue weighted by molar-refractivity contribution is 9.10. The van der Waals surface area contributed by atoms with Gasteiger partial charge in [0.1, 0.15) is 18.1 Å². The molecule has 0 aliphatic rings. The van der Waals surface area contributed by atoms with Crippen molar-refractivity contribution >= 4 is 67.0 Å². The topological polar surface area (TPSA) is 92.0 Å². The number of amides is 1. The molecular formula is C21H18BrCl2N3O4S. The predicted octanol–water partition coefficient (Wildman–Crippen LogP) is 5.31. The Hall–Kier alpha value is -2.33. The summed E-state index contributed by atoms with van der Waals surface area (Å²) < 4.78 is 33.8. The molecule has 1 heterocycles. The van der Waals surface area contributed by atoms with Gasteiger partial charge in [0, 0.05) is 16.1 Å². The Balaban J connectivity index is 1.88. The number of aryl methyl sites for hydroxylation is 2. The minimum atomic E-state index is -4.10. The van der Waals surface area contributed by atoms with Gasteiger partial charge in [-0.15, -0.1) is 0 Å². The highest BCUT2D eigenvalue weighted by atomic mass is 79.9. The summed E-state index contributed by atoms with van der Waals surface area (Å²) in [5, 5.41) is 4.29. The number of hydrogen-bond donors (Lipinski definition) is 1. The molecule has 2 aromatic carbocycles. The average Bonchev–Trinajstić information content (AvgIpc) is 3.03. The van der Waals surface area contributed by atoms with E-state index >= 15 is 0 Å². The number of rotatable bonds is 7. The maximum atomic E-state index is 13.3. The molecule has 0 bridgehead atoms. The van der Waals surface area contributed by atoms with Gasteiger partial charge in [-0.05, 0) is 60.1 Å². The van der Waals surface area contributed by atoms with E-state index in [1.165, 1.54) is 36.5 Å². The molecule has 0 unspecified atom stereocenters. The maximum Gasteiger partial charge on any atom is 0.264 e. The summed E-state index contributed by atoms with van der Waals surface area (Å²) in [6.45, 7) is 3.06. The number of benzene rings is 2. The van der Waals surface area contributed by atoms with Gasteiger partial charge in [-0.25, -0.2) is 13.8 Å². The summed E-state index contributed by atoms with van der Waals surface area (Å²) in [5.74, 6) is 0.404. The largest absolute Gasteiger partial charge is 0.459 e. The lowest BCUT2D eigenvalue weighted by molar-refractivity contribution is -0.119.